The predicted octanol–water partition coefficient (Wildman–Crippen LogP) is 9.47. The Kier molecular flexibility index (Phi) is 18.1. The van der Waals surface area contributed by atoms with Crippen molar-refractivity contribution >= 4 is 11.6 Å². The zero-order valence-electron chi connectivity index (χ0n) is 44.5. The Morgan fingerprint density at radius 2 is 0.947 bits per heavy atom. The van der Waals surface area contributed by atoms with E-state index in [1.165, 1.54) is 38.5 Å². The van der Waals surface area contributed by atoms with Crippen LogP contribution < -0.4 is 29.6 Å². The highest BCUT2D eigenvalue weighted by Gasteiger charge is 2.37. The molecule has 14 nitrogen and oxygen atoms in total. The van der Waals surface area contributed by atoms with Crippen molar-refractivity contribution in [2.24, 2.45) is 0 Å². The Labute approximate surface area is 443 Å². The number of hydrogen-bond acceptors (Lipinski definition) is 14. The van der Waals surface area contributed by atoms with Gasteiger partial charge in [-0.05, 0) is 201 Å². The summed E-state index contributed by atoms with van der Waals surface area (Å²) in [7, 11) is 2.97. The van der Waals surface area contributed by atoms with E-state index in [4.69, 9.17) is 28.9 Å². The molecule has 6 aromatic rings. The van der Waals surface area contributed by atoms with Crippen molar-refractivity contribution in [3.05, 3.63) is 154 Å². The van der Waals surface area contributed by atoms with Crippen LogP contribution in [-0.4, -0.2) is 94.7 Å². The van der Waals surface area contributed by atoms with Gasteiger partial charge in [-0.3, -0.25) is 9.59 Å². The summed E-state index contributed by atoms with van der Waals surface area (Å²) >= 11 is 0. The Morgan fingerprint density at radius 3 is 1.25 bits per heavy atom. The van der Waals surface area contributed by atoms with E-state index in [1.807, 2.05) is 24.3 Å². The topological polar surface area (TPSA) is 202 Å². The molecule has 4 heterocycles. The van der Waals surface area contributed by atoms with E-state index in [0.717, 1.165) is 48.2 Å². The molecule has 0 bridgehead atoms. The van der Waals surface area contributed by atoms with Crippen molar-refractivity contribution in [2.75, 3.05) is 40.5 Å². The number of aliphatic hydroxyl groups is 4. The Hall–Kier alpha value is -6.66. The lowest BCUT2D eigenvalue weighted by Crippen LogP contribution is -2.51. The molecule has 0 spiro atoms. The number of aliphatic hydroxyl groups excluding tert-OH is 2. The molecule has 76 heavy (non-hydrogen) atoms. The van der Waals surface area contributed by atoms with Crippen molar-refractivity contribution in [1.29, 1.82) is 0 Å². The molecule has 0 radical (unpaired) electrons. The second-order valence-corrected chi connectivity index (χ2v) is 20.7. The summed E-state index contributed by atoms with van der Waals surface area (Å²) in [5, 5.41) is 48.8. The molecule has 4 aromatic carbocycles. The van der Waals surface area contributed by atoms with Gasteiger partial charge in [0.05, 0.1) is 49.2 Å². The number of Topliss-reactive ketones (excluding diaryl/α,β-unsaturated/α-hetero) is 2. The average molecular weight is 1050 g/mol. The fourth-order valence-electron chi connectivity index (χ4n) is 8.88. The molecule has 0 amide bonds. The smallest absolute Gasteiger partial charge is 0.163 e. The number of pyridine rings is 2. The van der Waals surface area contributed by atoms with Gasteiger partial charge in [-0.1, -0.05) is 0 Å². The number of nitrogens with one attached hydrogen (secondary N) is 2. The first-order valence-corrected chi connectivity index (χ1v) is 25.6. The van der Waals surface area contributed by atoms with E-state index >= 15 is 0 Å². The molecule has 0 saturated carbocycles. The number of nitrogens with zero attached hydrogens (tertiary/aromatic N) is 2. The summed E-state index contributed by atoms with van der Waals surface area (Å²) in [5.41, 5.74) is 3.25. The van der Waals surface area contributed by atoms with Crippen LogP contribution in [0.3, 0.4) is 0 Å². The van der Waals surface area contributed by atoms with E-state index in [0.29, 0.717) is 56.9 Å². The number of aromatic nitrogens is 2. The number of rotatable bonds is 22. The number of halogens is 2. The highest BCUT2D eigenvalue weighted by Crippen LogP contribution is 2.39. The maximum absolute atomic E-state index is 13.5. The van der Waals surface area contributed by atoms with Crippen LogP contribution in [-0.2, 0) is 22.3 Å². The second kappa shape index (κ2) is 24.1. The molecule has 0 aliphatic carbocycles. The van der Waals surface area contributed by atoms with E-state index in [-0.39, 0.29) is 73.2 Å². The van der Waals surface area contributed by atoms with Crippen LogP contribution in [0.4, 0.5) is 8.78 Å². The summed E-state index contributed by atoms with van der Waals surface area (Å²) in [6, 6.07) is 29.7. The number of hydrogen-bond donors (Lipinski definition) is 6. The Bertz CT molecular complexity index is 2770. The number of ether oxygens (including phenoxy) is 4. The minimum absolute atomic E-state index is 0.0807. The molecule has 6 atom stereocenters. The third kappa shape index (κ3) is 14.0. The molecule has 1 unspecified atom stereocenters. The third-order valence-corrected chi connectivity index (χ3v) is 14.2. The molecule has 2 saturated heterocycles. The van der Waals surface area contributed by atoms with Gasteiger partial charge in [-0.25, -0.2) is 18.7 Å². The minimum Gasteiger partial charge on any atom is -0.493 e. The molecule has 404 valence electrons. The molecular formula is C60H70F2N4O10. The van der Waals surface area contributed by atoms with E-state index in [9.17, 15) is 38.8 Å². The summed E-state index contributed by atoms with van der Waals surface area (Å²) in [4.78, 5) is 35.6. The molecular weight excluding hydrogens is 975 g/mol. The lowest BCUT2D eigenvalue weighted by atomic mass is 9.81. The predicted molar refractivity (Wildman–Crippen MR) is 286 cm³/mol. The highest BCUT2D eigenvalue weighted by molar-refractivity contribution is 5.97. The first-order valence-electron chi connectivity index (χ1n) is 25.6. The van der Waals surface area contributed by atoms with Gasteiger partial charge >= 0.3 is 0 Å². The zero-order valence-corrected chi connectivity index (χ0v) is 44.5. The quantitative estimate of drug-likeness (QED) is 0.0351. The van der Waals surface area contributed by atoms with Crippen molar-refractivity contribution < 1.29 is 57.7 Å². The van der Waals surface area contributed by atoms with Crippen molar-refractivity contribution in [1.82, 2.24) is 20.6 Å². The minimum atomic E-state index is -1.38. The lowest BCUT2D eigenvalue weighted by Gasteiger charge is -2.41. The fourth-order valence-corrected chi connectivity index (χ4v) is 8.88. The molecule has 6 N–H and O–H groups in total. The highest BCUT2D eigenvalue weighted by atomic mass is 19.1. The SMILES string of the molecule is COc1cc(C(=O)CCC(C)(O)c2cc([C@@]3(C)CCN3)cc(-c3ccc(F)cc3)n2)ccc1OC[C@@H](C)O.COc1cc(C(=O)CC[C@@](C)(O)c2cc([C@]3(C)CCN3)cc(-c3ccc(F)cc3)n2)ccc1OC[C@@H](C)O. The maximum Gasteiger partial charge on any atom is 0.163 e. The maximum atomic E-state index is 13.5. The monoisotopic (exact) mass is 1040 g/mol. The van der Waals surface area contributed by atoms with Crippen molar-refractivity contribution in [3.63, 3.8) is 0 Å². The standard InChI is InChI=1S/2C30H35FN2O5/c2*1-19(34)18-38-26-10-7-21(15-27(26)37-4)25(35)11-12-30(3,36)28-17-22(29(2)13-14-32-29)16-24(33-28)20-5-8-23(31)9-6-20/h2*5-10,15-17,19,32,34,36H,11-14,18H2,1-4H3/t19-,29+,30-;19-,29-,30?/m11/s1. The average Bonchev–Trinajstić information content (AvgIpc) is 3.39. The fraction of sp³-hybridized carbons (Fsp3) is 0.400. The Morgan fingerprint density at radius 1 is 0.592 bits per heavy atom. The van der Waals surface area contributed by atoms with Gasteiger partial charge in [0.2, 0.25) is 0 Å². The van der Waals surface area contributed by atoms with E-state index in [1.54, 1.807) is 88.4 Å². The van der Waals surface area contributed by atoms with Crippen LogP contribution in [0.5, 0.6) is 23.0 Å². The lowest BCUT2D eigenvalue weighted by molar-refractivity contribution is 0.0394. The summed E-state index contributed by atoms with van der Waals surface area (Å²) in [6.45, 7) is 12.8. The number of carbonyl (C=O) groups excluding carboxylic acids is 2. The van der Waals surface area contributed by atoms with Crippen LogP contribution in [0, 0.1) is 11.6 Å². The zero-order chi connectivity index (χ0) is 55.0. The summed E-state index contributed by atoms with van der Waals surface area (Å²) in [5.74, 6) is 0.672. The number of methoxy groups -OCH3 is 2. The molecule has 16 heteroatoms. The Balaban J connectivity index is 0.000000221. The largest absolute Gasteiger partial charge is 0.493 e. The van der Waals surface area contributed by atoms with Crippen molar-refractivity contribution in [2.45, 2.75) is 115 Å². The molecule has 2 aliphatic rings. The van der Waals surface area contributed by atoms with Crippen molar-refractivity contribution in [3.8, 4) is 45.5 Å². The van der Waals surface area contributed by atoms with Gasteiger partial charge in [-0.15, -0.1) is 0 Å². The van der Waals surface area contributed by atoms with Crippen LogP contribution in [0.25, 0.3) is 22.5 Å². The summed E-state index contributed by atoms with van der Waals surface area (Å²) < 4.78 is 48.9. The van der Waals surface area contributed by atoms with Crippen LogP contribution >= 0.6 is 0 Å². The van der Waals surface area contributed by atoms with Crippen LogP contribution in [0.2, 0.25) is 0 Å². The number of carbonyl (C=O) groups is 2. The second-order valence-electron chi connectivity index (χ2n) is 20.7. The van der Waals surface area contributed by atoms with Gasteiger partial charge in [0.25, 0.3) is 0 Å². The molecule has 2 fully saturated rings. The van der Waals surface area contributed by atoms with E-state index in [2.05, 4.69) is 24.5 Å². The normalized spacial score (nSPS) is 19.2. The van der Waals surface area contributed by atoms with Gasteiger partial charge in [-0.2, -0.15) is 0 Å². The number of ketones is 2. The molecule has 2 aromatic heterocycles. The van der Waals surface area contributed by atoms with Gasteiger partial charge in [0.15, 0.2) is 34.6 Å². The number of benzene rings is 4. The molecule has 2 aliphatic heterocycles. The third-order valence-electron chi connectivity index (χ3n) is 14.2. The first-order chi connectivity index (χ1) is 36.0. The van der Waals surface area contributed by atoms with Gasteiger partial charge in [0, 0.05) is 46.2 Å². The first kappa shape index (κ1) is 57.1. The molecule has 8 rings (SSSR count). The van der Waals surface area contributed by atoms with Crippen LogP contribution in [0.1, 0.15) is 123 Å². The van der Waals surface area contributed by atoms with E-state index < -0.39 is 23.4 Å². The van der Waals surface area contributed by atoms with Crippen LogP contribution in [0.15, 0.2) is 109 Å². The van der Waals surface area contributed by atoms with Gasteiger partial charge in [0.1, 0.15) is 36.1 Å². The summed E-state index contributed by atoms with van der Waals surface area (Å²) in [6.07, 6.45) is 1.07. The van der Waals surface area contributed by atoms with Gasteiger partial charge < -0.3 is 50.0 Å².